The number of rotatable bonds is 2. The minimum Gasteiger partial charge on any atom is -0.496 e. The Labute approximate surface area is 132 Å². The largest absolute Gasteiger partial charge is 0.496 e. The Morgan fingerprint density at radius 2 is 1.65 bits per heavy atom. The van der Waals surface area contributed by atoms with Crippen molar-refractivity contribution in [2.75, 3.05) is 7.11 Å². The van der Waals surface area contributed by atoms with E-state index < -0.39 is 0 Å². The molecule has 0 saturated carbocycles. The second-order valence-corrected chi connectivity index (χ2v) is 5.80. The first-order chi connectivity index (χ1) is 9.70. The van der Waals surface area contributed by atoms with Crippen LogP contribution >= 0.6 is 22.6 Å². The number of hydrogen-bond acceptors (Lipinski definition) is 1. The molecule has 20 heavy (non-hydrogen) atoms. The second kappa shape index (κ2) is 5.40. The van der Waals surface area contributed by atoms with Crippen LogP contribution in [0.4, 0.5) is 0 Å². The van der Waals surface area contributed by atoms with Crippen molar-refractivity contribution in [1.82, 2.24) is 0 Å². The average molecular weight is 376 g/mol. The maximum atomic E-state index is 5.59. The molecule has 0 saturated heterocycles. The molecule has 2 aromatic carbocycles. The molecule has 0 unspecified atom stereocenters. The topological polar surface area (TPSA) is 13.1 Å². The fourth-order valence-electron chi connectivity index (χ4n) is 2.42. The zero-order chi connectivity index (χ0) is 14.1. The Bertz CT molecular complexity index is 783. The summed E-state index contributed by atoms with van der Waals surface area (Å²) in [6, 6.07) is 18.9. The van der Waals surface area contributed by atoms with Gasteiger partial charge in [0, 0.05) is 34.7 Å². The number of methoxy groups -OCH3 is 1. The first-order valence-corrected chi connectivity index (χ1v) is 7.50. The molecule has 0 aliphatic heterocycles. The number of fused-ring (bicyclic) bond motifs is 1. The van der Waals surface area contributed by atoms with Crippen molar-refractivity contribution in [3.63, 3.8) is 0 Å². The first-order valence-electron chi connectivity index (χ1n) is 6.42. The lowest BCUT2D eigenvalue weighted by atomic mass is 10.0. The minimum atomic E-state index is 0.904. The van der Waals surface area contributed by atoms with Crippen LogP contribution in [0, 0.1) is 3.70 Å². The van der Waals surface area contributed by atoms with Gasteiger partial charge in [-0.25, -0.2) is 0 Å². The van der Waals surface area contributed by atoms with E-state index in [0.29, 0.717) is 0 Å². The predicted octanol–water partition coefficient (Wildman–Crippen LogP) is 3.94. The molecule has 0 N–H and O–H groups in total. The molecular formula is C17H15INO+. The van der Waals surface area contributed by atoms with E-state index in [1.54, 1.807) is 7.11 Å². The van der Waals surface area contributed by atoms with Crippen molar-refractivity contribution in [3.8, 4) is 17.0 Å². The van der Waals surface area contributed by atoms with Gasteiger partial charge in [-0.05, 0) is 29.0 Å². The monoisotopic (exact) mass is 376 g/mol. The van der Waals surface area contributed by atoms with E-state index in [-0.39, 0.29) is 0 Å². The molecule has 100 valence electrons. The van der Waals surface area contributed by atoms with Crippen LogP contribution in [-0.2, 0) is 7.05 Å². The van der Waals surface area contributed by atoms with Crippen LogP contribution in [0.15, 0.2) is 54.6 Å². The SMILES string of the molecule is COc1cc2ccccc2cc1-c1cccc(I)[n+]1C. The van der Waals surface area contributed by atoms with Gasteiger partial charge in [0.25, 0.3) is 0 Å². The summed E-state index contributed by atoms with van der Waals surface area (Å²) >= 11 is 2.34. The molecule has 0 aliphatic carbocycles. The molecule has 3 heteroatoms. The van der Waals surface area contributed by atoms with Gasteiger partial charge < -0.3 is 4.74 Å². The molecule has 0 fully saturated rings. The smallest absolute Gasteiger partial charge is 0.241 e. The summed E-state index contributed by atoms with van der Waals surface area (Å²) in [5, 5.41) is 2.42. The van der Waals surface area contributed by atoms with Gasteiger partial charge in [0.2, 0.25) is 9.39 Å². The summed E-state index contributed by atoms with van der Waals surface area (Å²) in [6.45, 7) is 0. The first kappa shape index (κ1) is 13.4. The zero-order valence-electron chi connectivity index (χ0n) is 11.4. The van der Waals surface area contributed by atoms with E-state index in [0.717, 1.165) is 17.0 Å². The van der Waals surface area contributed by atoms with Crippen LogP contribution in [0.3, 0.4) is 0 Å². The summed E-state index contributed by atoms with van der Waals surface area (Å²) in [5.74, 6) is 0.904. The summed E-state index contributed by atoms with van der Waals surface area (Å²) < 4.78 is 8.95. The van der Waals surface area contributed by atoms with Gasteiger partial charge in [0.05, 0.1) is 12.7 Å². The summed E-state index contributed by atoms with van der Waals surface area (Å²) in [6.07, 6.45) is 0. The van der Waals surface area contributed by atoms with Crippen LogP contribution in [-0.4, -0.2) is 7.11 Å². The highest BCUT2D eigenvalue weighted by Crippen LogP contribution is 2.32. The van der Waals surface area contributed by atoms with Crippen LogP contribution in [0.2, 0.25) is 0 Å². The normalized spacial score (nSPS) is 10.8. The van der Waals surface area contributed by atoms with Crippen molar-refractivity contribution >= 4 is 33.4 Å². The number of benzene rings is 2. The quantitative estimate of drug-likeness (QED) is 0.375. The fourth-order valence-corrected chi connectivity index (χ4v) is 2.88. The number of pyridine rings is 1. The van der Waals surface area contributed by atoms with Crippen LogP contribution in [0.25, 0.3) is 22.0 Å². The van der Waals surface area contributed by atoms with E-state index in [2.05, 4.69) is 82.7 Å². The van der Waals surface area contributed by atoms with E-state index in [1.807, 2.05) is 6.07 Å². The van der Waals surface area contributed by atoms with Crippen LogP contribution < -0.4 is 9.30 Å². The molecule has 3 rings (SSSR count). The maximum absolute atomic E-state index is 5.59. The van der Waals surface area contributed by atoms with E-state index in [4.69, 9.17) is 4.74 Å². The number of aromatic nitrogens is 1. The molecule has 3 aromatic rings. The van der Waals surface area contributed by atoms with Crippen molar-refractivity contribution < 1.29 is 9.30 Å². The highest BCUT2D eigenvalue weighted by molar-refractivity contribution is 14.1. The lowest BCUT2D eigenvalue weighted by molar-refractivity contribution is -0.673. The Morgan fingerprint density at radius 1 is 0.950 bits per heavy atom. The summed E-state index contributed by atoms with van der Waals surface area (Å²) in [4.78, 5) is 0. The van der Waals surface area contributed by atoms with Gasteiger partial charge in [-0.2, -0.15) is 4.57 Å². The zero-order valence-corrected chi connectivity index (χ0v) is 13.6. The highest BCUT2D eigenvalue weighted by Gasteiger charge is 2.17. The van der Waals surface area contributed by atoms with Crippen molar-refractivity contribution in [2.45, 2.75) is 0 Å². The van der Waals surface area contributed by atoms with E-state index >= 15 is 0 Å². The molecule has 0 bridgehead atoms. The van der Waals surface area contributed by atoms with E-state index in [1.165, 1.54) is 14.5 Å². The Balaban J connectivity index is 2.31. The van der Waals surface area contributed by atoms with Gasteiger partial charge in [-0.1, -0.05) is 24.3 Å². The molecular weight excluding hydrogens is 361 g/mol. The third-order valence-electron chi connectivity index (χ3n) is 3.51. The van der Waals surface area contributed by atoms with Crippen molar-refractivity contribution in [1.29, 1.82) is 0 Å². The Kier molecular flexibility index (Phi) is 3.61. The molecule has 2 nitrogen and oxygen atoms in total. The molecule has 1 heterocycles. The van der Waals surface area contributed by atoms with Crippen molar-refractivity contribution in [3.05, 3.63) is 58.3 Å². The van der Waals surface area contributed by atoms with Gasteiger partial charge >= 0.3 is 0 Å². The minimum absolute atomic E-state index is 0.904. The summed E-state index contributed by atoms with van der Waals surface area (Å²) in [5.41, 5.74) is 2.27. The van der Waals surface area contributed by atoms with Gasteiger partial charge in [-0.15, -0.1) is 0 Å². The van der Waals surface area contributed by atoms with Crippen molar-refractivity contribution in [2.24, 2.45) is 7.05 Å². The standard InChI is InChI=1S/C17H15INO/c1-19-15(8-5-9-17(19)18)14-10-12-6-3-4-7-13(12)11-16(14)20-2/h3-11H,1-2H3/q+1. The summed E-state index contributed by atoms with van der Waals surface area (Å²) in [7, 11) is 3.80. The number of halogens is 1. The third kappa shape index (κ3) is 2.26. The molecule has 0 aliphatic rings. The molecule has 0 spiro atoms. The van der Waals surface area contributed by atoms with Gasteiger partial charge in [0.1, 0.15) is 12.8 Å². The molecule has 0 atom stereocenters. The van der Waals surface area contributed by atoms with E-state index in [9.17, 15) is 0 Å². The lowest BCUT2D eigenvalue weighted by Gasteiger charge is -2.09. The lowest BCUT2D eigenvalue weighted by Crippen LogP contribution is -2.34. The van der Waals surface area contributed by atoms with Crippen LogP contribution in [0.1, 0.15) is 0 Å². The highest BCUT2D eigenvalue weighted by atomic mass is 127. The number of ether oxygens (including phenoxy) is 1. The second-order valence-electron chi connectivity index (χ2n) is 4.69. The maximum Gasteiger partial charge on any atom is 0.241 e. The Hall–Kier alpha value is -1.62. The fraction of sp³-hybridized carbons (Fsp3) is 0.118. The average Bonchev–Trinajstić information content (AvgIpc) is 2.48. The molecule has 1 aromatic heterocycles. The third-order valence-corrected chi connectivity index (χ3v) is 4.60. The predicted molar refractivity (Wildman–Crippen MR) is 89.8 cm³/mol. The number of hydrogen-bond donors (Lipinski definition) is 0. The van der Waals surface area contributed by atoms with Crippen LogP contribution in [0.5, 0.6) is 5.75 Å². The van der Waals surface area contributed by atoms with Gasteiger partial charge in [-0.3, -0.25) is 0 Å². The Morgan fingerprint density at radius 3 is 2.35 bits per heavy atom. The molecule has 0 radical (unpaired) electrons. The molecule has 0 amide bonds. The number of nitrogens with zero attached hydrogens (tertiary/aromatic N) is 1. The van der Waals surface area contributed by atoms with Gasteiger partial charge in [0.15, 0.2) is 0 Å².